The van der Waals surface area contributed by atoms with Gasteiger partial charge < -0.3 is 0 Å². The first kappa shape index (κ1) is 14.3. The lowest BCUT2D eigenvalue weighted by Crippen LogP contribution is -2.06. The monoisotopic (exact) mass is 298 g/mol. The molecule has 23 heavy (non-hydrogen) atoms. The van der Waals surface area contributed by atoms with Crippen molar-refractivity contribution < 1.29 is 0 Å². The minimum absolute atomic E-state index is 0.533. The Morgan fingerprint density at radius 1 is 1.09 bits per heavy atom. The summed E-state index contributed by atoms with van der Waals surface area (Å²) >= 11 is 0. The zero-order valence-electron chi connectivity index (χ0n) is 13.9. The number of hydrogen-bond acceptors (Lipinski definition) is 0. The molecule has 0 nitrogen and oxygen atoms in total. The normalized spacial score (nSPS) is 20.4. The highest BCUT2D eigenvalue weighted by Crippen LogP contribution is 2.42. The van der Waals surface area contributed by atoms with Crippen LogP contribution in [0.2, 0.25) is 0 Å². The van der Waals surface area contributed by atoms with Crippen molar-refractivity contribution in [3.63, 3.8) is 0 Å². The number of benzene rings is 2. The Morgan fingerprint density at radius 2 is 1.96 bits per heavy atom. The molecule has 1 atom stereocenters. The molecule has 0 aliphatic heterocycles. The first-order chi connectivity index (χ1) is 11.3. The average Bonchev–Trinajstić information content (AvgIpc) is 2.74. The number of allylic oxidation sites excluding steroid dienone is 5. The molecule has 0 aromatic heterocycles. The summed E-state index contributed by atoms with van der Waals surface area (Å²) in [4.78, 5) is 0. The lowest BCUT2D eigenvalue weighted by atomic mass is 9.80. The molecule has 0 fully saturated rings. The summed E-state index contributed by atoms with van der Waals surface area (Å²) in [5.74, 6) is 0.533. The predicted molar refractivity (Wildman–Crippen MR) is 99.4 cm³/mol. The van der Waals surface area contributed by atoms with Gasteiger partial charge in [-0.05, 0) is 71.2 Å². The molecule has 0 N–H and O–H groups in total. The fourth-order valence-electron chi connectivity index (χ4n) is 3.98. The van der Waals surface area contributed by atoms with Crippen LogP contribution in [-0.2, 0) is 0 Å². The summed E-state index contributed by atoms with van der Waals surface area (Å²) in [6, 6.07) is 13.3. The van der Waals surface area contributed by atoms with Gasteiger partial charge in [-0.2, -0.15) is 0 Å². The fourth-order valence-corrected chi connectivity index (χ4v) is 3.98. The van der Waals surface area contributed by atoms with Crippen LogP contribution in [0.3, 0.4) is 0 Å². The highest BCUT2D eigenvalue weighted by molar-refractivity contribution is 5.97. The third kappa shape index (κ3) is 2.40. The second kappa shape index (κ2) is 5.72. The number of fused-ring (bicyclic) bond motifs is 2. The lowest BCUT2D eigenvalue weighted by molar-refractivity contribution is 0.759. The third-order valence-corrected chi connectivity index (χ3v) is 5.12. The number of hydrogen-bond donors (Lipinski definition) is 0. The van der Waals surface area contributed by atoms with Crippen LogP contribution in [-0.4, -0.2) is 0 Å². The van der Waals surface area contributed by atoms with E-state index in [2.05, 4.69) is 74.2 Å². The summed E-state index contributed by atoms with van der Waals surface area (Å²) in [7, 11) is 0. The molecule has 4 rings (SSSR count). The van der Waals surface area contributed by atoms with Crippen molar-refractivity contribution in [2.24, 2.45) is 5.92 Å². The van der Waals surface area contributed by atoms with Gasteiger partial charge in [0.15, 0.2) is 0 Å². The van der Waals surface area contributed by atoms with Crippen LogP contribution in [0.1, 0.15) is 37.3 Å². The van der Waals surface area contributed by atoms with E-state index in [1.54, 1.807) is 5.57 Å². The maximum atomic E-state index is 3.53. The van der Waals surface area contributed by atoms with E-state index in [4.69, 9.17) is 0 Å². The minimum atomic E-state index is 0.533. The zero-order chi connectivity index (χ0) is 15.8. The lowest BCUT2D eigenvalue weighted by Gasteiger charge is -2.24. The standard InChI is InChI=1S/C23H22/c1-16-8-7-11-18-9-3-5-12-20(18)22(16)23-17(2)14-15-19-10-4-6-13-21(19)23/h3-4,6-7,9-10,13-16H,5,8,12H2,1-2H3. The zero-order valence-corrected chi connectivity index (χ0v) is 13.9. The van der Waals surface area contributed by atoms with Crippen molar-refractivity contribution in [3.05, 3.63) is 82.6 Å². The molecule has 1 unspecified atom stereocenters. The van der Waals surface area contributed by atoms with Crippen LogP contribution in [0.25, 0.3) is 16.3 Å². The molecule has 2 aliphatic carbocycles. The Balaban J connectivity index is 2.08. The Hall–Kier alpha value is -2.30. The maximum Gasteiger partial charge on any atom is 0.0193 e. The highest BCUT2D eigenvalue weighted by atomic mass is 14.3. The van der Waals surface area contributed by atoms with E-state index in [0.717, 1.165) is 19.3 Å². The maximum absolute atomic E-state index is 3.53. The van der Waals surface area contributed by atoms with Crippen molar-refractivity contribution in [2.75, 3.05) is 0 Å². The molecule has 114 valence electrons. The Labute approximate surface area is 138 Å². The molecule has 0 heteroatoms. The van der Waals surface area contributed by atoms with Gasteiger partial charge in [0, 0.05) is 5.57 Å². The van der Waals surface area contributed by atoms with Gasteiger partial charge in [0.2, 0.25) is 0 Å². The summed E-state index contributed by atoms with van der Waals surface area (Å²) in [5, 5.41) is 2.72. The van der Waals surface area contributed by atoms with E-state index >= 15 is 0 Å². The first-order valence-corrected chi connectivity index (χ1v) is 8.59. The average molecular weight is 298 g/mol. The topological polar surface area (TPSA) is 0 Å². The van der Waals surface area contributed by atoms with E-state index < -0.39 is 0 Å². The van der Waals surface area contributed by atoms with Crippen LogP contribution < -0.4 is 0 Å². The van der Waals surface area contributed by atoms with Gasteiger partial charge in [0.1, 0.15) is 0 Å². The van der Waals surface area contributed by atoms with Crippen LogP contribution >= 0.6 is 0 Å². The Morgan fingerprint density at radius 3 is 2.87 bits per heavy atom. The molecule has 0 spiro atoms. The second-order valence-electron chi connectivity index (χ2n) is 6.71. The van der Waals surface area contributed by atoms with Gasteiger partial charge in [0.05, 0.1) is 0 Å². The molecule has 0 saturated heterocycles. The molecule has 0 amide bonds. The third-order valence-electron chi connectivity index (χ3n) is 5.12. The molecule has 2 aromatic rings. The summed E-state index contributed by atoms with van der Waals surface area (Å²) in [6.45, 7) is 4.62. The molecule has 2 aromatic carbocycles. The summed E-state index contributed by atoms with van der Waals surface area (Å²) < 4.78 is 0. The molecule has 0 radical (unpaired) electrons. The van der Waals surface area contributed by atoms with E-state index in [1.807, 2.05) is 0 Å². The van der Waals surface area contributed by atoms with E-state index in [1.165, 1.54) is 33.0 Å². The quantitative estimate of drug-likeness (QED) is 0.536. The van der Waals surface area contributed by atoms with Gasteiger partial charge >= 0.3 is 0 Å². The van der Waals surface area contributed by atoms with Crippen LogP contribution in [0, 0.1) is 12.8 Å². The highest BCUT2D eigenvalue weighted by Gasteiger charge is 2.23. The van der Waals surface area contributed by atoms with Gasteiger partial charge in [-0.1, -0.05) is 55.5 Å². The Bertz CT molecular complexity index is 899. The van der Waals surface area contributed by atoms with E-state index in [-0.39, 0.29) is 0 Å². The SMILES string of the molecule is Cc1ccc2ccccc2c1C1=C2CCC=CC2=C=CCC1C. The number of aryl methyl sites for hydroxylation is 1. The molecular formula is C23H22. The minimum Gasteiger partial charge on any atom is -0.117 e. The summed E-state index contributed by atoms with van der Waals surface area (Å²) in [5.41, 5.74) is 10.7. The van der Waals surface area contributed by atoms with Crippen LogP contribution in [0.4, 0.5) is 0 Å². The fraction of sp³-hybridized carbons (Fsp3) is 0.261. The van der Waals surface area contributed by atoms with Crippen LogP contribution in [0.15, 0.2) is 71.5 Å². The largest absolute Gasteiger partial charge is 0.117 e. The first-order valence-electron chi connectivity index (χ1n) is 8.59. The number of rotatable bonds is 1. The van der Waals surface area contributed by atoms with Crippen molar-refractivity contribution in [2.45, 2.75) is 33.1 Å². The van der Waals surface area contributed by atoms with E-state index in [0.29, 0.717) is 5.92 Å². The molecule has 2 aliphatic rings. The molecule has 0 heterocycles. The van der Waals surface area contributed by atoms with Crippen LogP contribution in [0.5, 0.6) is 0 Å². The van der Waals surface area contributed by atoms with Gasteiger partial charge in [-0.25, -0.2) is 0 Å². The Kier molecular flexibility index (Phi) is 3.56. The molecule has 0 saturated carbocycles. The van der Waals surface area contributed by atoms with Gasteiger partial charge in [-0.15, -0.1) is 5.73 Å². The smallest absolute Gasteiger partial charge is 0.0193 e. The van der Waals surface area contributed by atoms with Crippen molar-refractivity contribution in [3.8, 4) is 0 Å². The van der Waals surface area contributed by atoms with Crippen molar-refractivity contribution in [1.29, 1.82) is 0 Å². The van der Waals surface area contributed by atoms with Gasteiger partial charge in [-0.3, -0.25) is 0 Å². The van der Waals surface area contributed by atoms with Crippen molar-refractivity contribution >= 4 is 16.3 Å². The van der Waals surface area contributed by atoms with Gasteiger partial charge in [0.25, 0.3) is 0 Å². The van der Waals surface area contributed by atoms with Crippen molar-refractivity contribution in [1.82, 2.24) is 0 Å². The molecule has 0 bridgehead atoms. The molecular weight excluding hydrogens is 276 g/mol. The predicted octanol–water partition coefficient (Wildman–Crippen LogP) is 6.37. The summed E-state index contributed by atoms with van der Waals surface area (Å²) in [6.07, 6.45) is 10.1. The van der Waals surface area contributed by atoms with E-state index in [9.17, 15) is 0 Å². The second-order valence-corrected chi connectivity index (χ2v) is 6.71.